The molecule has 5 heteroatoms. The van der Waals surface area contributed by atoms with Gasteiger partial charge in [0.2, 0.25) is 0 Å². The quantitative estimate of drug-likeness (QED) is 0.838. The Balaban J connectivity index is 2.17. The summed E-state index contributed by atoms with van der Waals surface area (Å²) in [7, 11) is 0. The number of hydrogen-bond acceptors (Lipinski definition) is 3. The molecule has 2 N–H and O–H groups in total. The Bertz CT molecular complexity index is 443. The molecule has 1 aromatic heterocycles. The lowest BCUT2D eigenvalue weighted by molar-refractivity contribution is -0.144. The van der Waals surface area contributed by atoms with E-state index >= 15 is 0 Å². The molecule has 0 aromatic carbocycles. The van der Waals surface area contributed by atoms with Crippen molar-refractivity contribution in [2.24, 2.45) is 0 Å². The fraction of sp³-hybridized carbons (Fsp3) is 0.500. The van der Waals surface area contributed by atoms with Gasteiger partial charge in [0.15, 0.2) is 5.76 Å². The monoisotopic (exact) mass is 237 g/mol. The number of rotatable bonds is 3. The lowest BCUT2D eigenvalue weighted by Crippen LogP contribution is -2.52. The third kappa shape index (κ3) is 2.05. The van der Waals surface area contributed by atoms with E-state index in [2.05, 4.69) is 5.32 Å². The average molecular weight is 237 g/mol. The van der Waals surface area contributed by atoms with Gasteiger partial charge in [-0.1, -0.05) is 12.8 Å². The number of carbonyl (C=O) groups is 2. The van der Waals surface area contributed by atoms with Crippen LogP contribution in [0.5, 0.6) is 0 Å². The summed E-state index contributed by atoms with van der Waals surface area (Å²) < 4.78 is 5.06. The van der Waals surface area contributed by atoms with Crippen molar-refractivity contribution >= 4 is 11.9 Å². The summed E-state index contributed by atoms with van der Waals surface area (Å²) in [6.45, 7) is 1.75. The molecule has 1 saturated carbocycles. The zero-order valence-electron chi connectivity index (χ0n) is 9.66. The Morgan fingerprint density at radius 3 is 2.53 bits per heavy atom. The molecular weight excluding hydrogens is 222 g/mol. The number of furan rings is 1. The second-order valence-corrected chi connectivity index (χ2v) is 4.48. The standard InChI is InChI=1S/C12H15NO4/c1-8-4-7-17-9(8)10(14)13-12(11(15)16)5-2-3-6-12/h4,7H,2-3,5-6H2,1H3,(H,13,14)(H,15,16). The molecule has 1 amide bonds. The van der Waals surface area contributed by atoms with Gasteiger partial charge in [-0.3, -0.25) is 4.79 Å². The molecule has 0 aliphatic heterocycles. The van der Waals surface area contributed by atoms with Crippen molar-refractivity contribution in [3.8, 4) is 0 Å². The molecule has 0 spiro atoms. The largest absolute Gasteiger partial charge is 0.480 e. The summed E-state index contributed by atoms with van der Waals surface area (Å²) in [6, 6.07) is 1.68. The first kappa shape index (κ1) is 11.7. The van der Waals surface area contributed by atoms with Gasteiger partial charge in [0, 0.05) is 5.56 Å². The minimum Gasteiger partial charge on any atom is -0.480 e. The van der Waals surface area contributed by atoms with Crippen LogP contribution in [-0.2, 0) is 4.79 Å². The summed E-state index contributed by atoms with van der Waals surface area (Å²) in [6.07, 6.45) is 4.03. The van der Waals surface area contributed by atoms with E-state index in [0.29, 0.717) is 18.4 Å². The topological polar surface area (TPSA) is 79.5 Å². The van der Waals surface area contributed by atoms with E-state index in [-0.39, 0.29) is 5.76 Å². The van der Waals surface area contributed by atoms with Crippen molar-refractivity contribution in [3.63, 3.8) is 0 Å². The van der Waals surface area contributed by atoms with Crippen molar-refractivity contribution in [2.75, 3.05) is 0 Å². The van der Waals surface area contributed by atoms with Crippen LogP contribution in [0.2, 0.25) is 0 Å². The number of aryl methyl sites for hydroxylation is 1. The number of hydrogen-bond donors (Lipinski definition) is 2. The predicted molar refractivity (Wildman–Crippen MR) is 59.7 cm³/mol. The number of amides is 1. The van der Waals surface area contributed by atoms with Gasteiger partial charge in [0.1, 0.15) is 5.54 Å². The van der Waals surface area contributed by atoms with Gasteiger partial charge in [-0.25, -0.2) is 4.79 Å². The SMILES string of the molecule is Cc1ccoc1C(=O)NC1(C(=O)O)CCCC1. The van der Waals surface area contributed by atoms with Crippen molar-refractivity contribution in [2.45, 2.75) is 38.1 Å². The van der Waals surface area contributed by atoms with Crippen LogP contribution in [-0.4, -0.2) is 22.5 Å². The molecule has 1 heterocycles. The van der Waals surface area contributed by atoms with Crippen molar-refractivity contribution in [1.82, 2.24) is 5.32 Å². The summed E-state index contributed by atoms with van der Waals surface area (Å²) in [5, 5.41) is 11.8. The summed E-state index contributed by atoms with van der Waals surface area (Å²) in [5.74, 6) is -1.22. The van der Waals surface area contributed by atoms with E-state index in [1.54, 1.807) is 13.0 Å². The van der Waals surface area contributed by atoms with Gasteiger partial charge in [-0.15, -0.1) is 0 Å². The third-order valence-corrected chi connectivity index (χ3v) is 3.29. The number of nitrogens with one attached hydrogen (secondary N) is 1. The molecule has 2 rings (SSSR count). The fourth-order valence-electron chi connectivity index (χ4n) is 2.25. The molecule has 0 atom stereocenters. The minimum absolute atomic E-state index is 0.192. The summed E-state index contributed by atoms with van der Waals surface area (Å²) in [4.78, 5) is 23.2. The lowest BCUT2D eigenvalue weighted by Gasteiger charge is -2.24. The van der Waals surface area contributed by atoms with Gasteiger partial charge in [-0.05, 0) is 25.8 Å². The van der Waals surface area contributed by atoms with Crippen molar-refractivity contribution in [1.29, 1.82) is 0 Å². The van der Waals surface area contributed by atoms with Crippen molar-refractivity contribution < 1.29 is 19.1 Å². The minimum atomic E-state index is -1.11. The number of aliphatic carboxylic acids is 1. The van der Waals surface area contributed by atoms with Gasteiger partial charge >= 0.3 is 5.97 Å². The summed E-state index contributed by atoms with van der Waals surface area (Å²) in [5.41, 5.74) is -0.405. The van der Waals surface area contributed by atoms with Crippen LogP contribution in [0.4, 0.5) is 0 Å². The van der Waals surface area contributed by atoms with Crippen LogP contribution in [0.25, 0.3) is 0 Å². The third-order valence-electron chi connectivity index (χ3n) is 3.29. The molecule has 5 nitrogen and oxygen atoms in total. The Labute approximate surface area is 98.8 Å². The molecule has 92 valence electrons. The zero-order valence-corrected chi connectivity index (χ0v) is 9.66. The van der Waals surface area contributed by atoms with Crippen molar-refractivity contribution in [3.05, 3.63) is 23.7 Å². The van der Waals surface area contributed by atoms with Crippen LogP contribution in [0.1, 0.15) is 41.8 Å². The maximum atomic E-state index is 11.9. The zero-order chi connectivity index (χ0) is 12.5. The Kier molecular flexibility index (Phi) is 2.92. The van der Waals surface area contributed by atoms with Crippen LogP contribution in [0.15, 0.2) is 16.7 Å². The molecule has 0 radical (unpaired) electrons. The van der Waals surface area contributed by atoms with Gasteiger partial charge in [-0.2, -0.15) is 0 Å². The smallest absolute Gasteiger partial charge is 0.329 e. The van der Waals surface area contributed by atoms with Crippen LogP contribution >= 0.6 is 0 Å². The maximum Gasteiger partial charge on any atom is 0.329 e. The molecule has 1 aromatic rings. The number of carboxylic acids is 1. The maximum absolute atomic E-state index is 11.9. The Morgan fingerprint density at radius 1 is 1.41 bits per heavy atom. The first-order chi connectivity index (χ1) is 8.05. The van der Waals surface area contributed by atoms with E-state index < -0.39 is 17.4 Å². The molecule has 1 fully saturated rings. The second-order valence-electron chi connectivity index (χ2n) is 4.48. The molecule has 1 aliphatic rings. The van der Waals surface area contributed by atoms with Gasteiger partial charge in [0.05, 0.1) is 6.26 Å². The van der Waals surface area contributed by atoms with Crippen LogP contribution in [0, 0.1) is 6.92 Å². The Hall–Kier alpha value is -1.78. The average Bonchev–Trinajstić information content (AvgIpc) is 2.87. The normalized spacial score (nSPS) is 17.9. The first-order valence-electron chi connectivity index (χ1n) is 5.65. The lowest BCUT2D eigenvalue weighted by atomic mass is 9.97. The highest BCUT2D eigenvalue weighted by Gasteiger charge is 2.43. The first-order valence-corrected chi connectivity index (χ1v) is 5.65. The highest BCUT2D eigenvalue weighted by Crippen LogP contribution is 2.30. The second kappa shape index (κ2) is 4.24. The highest BCUT2D eigenvalue weighted by atomic mass is 16.4. The van der Waals surface area contributed by atoms with E-state index in [9.17, 15) is 14.7 Å². The van der Waals surface area contributed by atoms with Crippen LogP contribution < -0.4 is 5.32 Å². The van der Waals surface area contributed by atoms with E-state index in [1.165, 1.54) is 6.26 Å². The molecule has 17 heavy (non-hydrogen) atoms. The molecule has 1 aliphatic carbocycles. The fourth-order valence-corrected chi connectivity index (χ4v) is 2.25. The van der Waals surface area contributed by atoms with E-state index in [4.69, 9.17) is 4.42 Å². The van der Waals surface area contributed by atoms with Crippen LogP contribution in [0.3, 0.4) is 0 Å². The highest BCUT2D eigenvalue weighted by molar-refractivity contribution is 5.96. The predicted octanol–water partition coefficient (Wildman–Crippen LogP) is 1.72. The van der Waals surface area contributed by atoms with E-state index in [1.807, 2.05) is 0 Å². The molecule has 0 unspecified atom stereocenters. The Morgan fingerprint density at radius 2 is 2.06 bits per heavy atom. The van der Waals surface area contributed by atoms with Gasteiger partial charge in [0.25, 0.3) is 5.91 Å². The molecule has 0 saturated heterocycles. The summed E-state index contributed by atoms with van der Waals surface area (Å²) >= 11 is 0. The van der Waals surface area contributed by atoms with E-state index in [0.717, 1.165) is 12.8 Å². The van der Waals surface area contributed by atoms with Gasteiger partial charge < -0.3 is 14.8 Å². The number of carbonyl (C=O) groups excluding carboxylic acids is 1. The number of carboxylic acid groups (broad SMARTS) is 1. The molecule has 0 bridgehead atoms. The molecular formula is C12H15NO4.